The minimum atomic E-state index is 0.0497. The van der Waals surface area contributed by atoms with Crippen molar-refractivity contribution in [3.05, 3.63) is 29.3 Å². The Labute approximate surface area is 114 Å². The number of nitrogens with two attached hydrogens (primary N) is 1. The summed E-state index contributed by atoms with van der Waals surface area (Å²) in [6.07, 6.45) is 2.00. The summed E-state index contributed by atoms with van der Waals surface area (Å²) in [5.41, 5.74) is 7.46. The van der Waals surface area contributed by atoms with Gasteiger partial charge in [-0.25, -0.2) is 0 Å². The van der Waals surface area contributed by atoms with Crippen LogP contribution in [0.5, 0.6) is 5.75 Å². The Bertz CT molecular complexity index is 459. The fourth-order valence-electron chi connectivity index (χ4n) is 2.34. The largest absolute Gasteiger partial charge is 0.493 e. The average Bonchev–Trinajstić information content (AvgIpc) is 2.45. The lowest BCUT2D eigenvalue weighted by molar-refractivity contribution is 0.0777. The SMILES string of the molecule is CC(CN)CN(C)C(=O)c1ccc2c(c1)CCCO2. The molecule has 1 aromatic rings. The Morgan fingerprint density at radius 3 is 3.05 bits per heavy atom. The highest BCUT2D eigenvalue weighted by Gasteiger charge is 2.17. The molecule has 0 radical (unpaired) electrons. The van der Waals surface area contributed by atoms with Crippen LogP contribution in [0.1, 0.15) is 29.3 Å². The van der Waals surface area contributed by atoms with Crippen LogP contribution >= 0.6 is 0 Å². The van der Waals surface area contributed by atoms with Gasteiger partial charge >= 0.3 is 0 Å². The molecule has 0 saturated carbocycles. The zero-order chi connectivity index (χ0) is 13.8. The van der Waals surface area contributed by atoms with E-state index in [2.05, 4.69) is 0 Å². The van der Waals surface area contributed by atoms with E-state index >= 15 is 0 Å². The van der Waals surface area contributed by atoms with Gasteiger partial charge in [0.05, 0.1) is 6.61 Å². The van der Waals surface area contributed by atoms with Crippen molar-refractivity contribution in [3.8, 4) is 5.75 Å². The molecule has 104 valence electrons. The number of ether oxygens (including phenoxy) is 1. The Hall–Kier alpha value is -1.55. The van der Waals surface area contributed by atoms with Crippen molar-refractivity contribution in [3.63, 3.8) is 0 Å². The molecular formula is C15H22N2O2. The summed E-state index contributed by atoms with van der Waals surface area (Å²) < 4.78 is 5.56. The van der Waals surface area contributed by atoms with Gasteiger partial charge in [0.2, 0.25) is 0 Å². The number of hydrogen-bond acceptors (Lipinski definition) is 3. The Morgan fingerprint density at radius 2 is 2.32 bits per heavy atom. The number of amides is 1. The number of fused-ring (bicyclic) bond motifs is 1. The van der Waals surface area contributed by atoms with E-state index in [4.69, 9.17) is 10.5 Å². The number of benzene rings is 1. The van der Waals surface area contributed by atoms with E-state index in [1.165, 1.54) is 0 Å². The topological polar surface area (TPSA) is 55.6 Å². The van der Waals surface area contributed by atoms with Crippen molar-refractivity contribution < 1.29 is 9.53 Å². The van der Waals surface area contributed by atoms with Gasteiger partial charge in [-0.05, 0) is 49.1 Å². The molecule has 2 rings (SSSR count). The van der Waals surface area contributed by atoms with Crippen LogP contribution in [0, 0.1) is 5.92 Å². The molecule has 1 unspecified atom stereocenters. The fourth-order valence-corrected chi connectivity index (χ4v) is 2.34. The normalized spacial score (nSPS) is 15.3. The van der Waals surface area contributed by atoms with Crippen LogP contribution < -0.4 is 10.5 Å². The minimum Gasteiger partial charge on any atom is -0.493 e. The molecule has 1 amide bonds. The van der Waals surface area contributed by atoms with E-state index in [1.54, 1.807) is 4.90 Å². The first kappa shape index (κ1) is 13.9. The third-order valence-corrected chi connectivity index (χ3v) is 3.49. The highest BCUT2D eigenvalue weighted by molar-refractivity contribution is 5.94. The minimum absolute atomic E-state index is 0.0497. The lowest BCUT2D eigenvalue weighted by atomic mass is 10.0. The number of nitrogens with zero attached hydrogens (tertiary/aromatic N) is 1. The van der Waals surface area contributed by atoms with Gasteiger partial charge in [-0.1, -0.05) is 6.92 Å². The average molecular weight is 262 g/mol. The molecule has 4 nitrogen and oxygen atoms in total. The number of carbonyl (C=O) groups excluding carboxylic acids is 1. The van der Waals surface area contributed by atoms with Crippen molar-refractivity contribution in [2.45, 2.75) is 19.8 Å². The molecule has 0 aliphatic carbocycles. The van der Waals surface area contributed by atoms with Gasteiger partial charge in [0.15, 0.2) is 0 Å². The first-order valence-corrected chi connectivity index (χ1v) is 6.83. The fraction of sp³-hybridized carbons (Fsp3) is 0.533. The van der Waals surface area contributed by atoms with Crippen molar-refractivity contribution >= 4 is 5.91 Å². The lowest BCUT2D eigenvalue weighted by Crippen LogP contribution is -2.33. The number of aryl methyl sites for hydroxylation is 1. The van der Waals surface area contributed by atoms with Gasteiger partial charge < -0.3 is 15.4 Å². The molecule has 2 N–H and O–H groups in total. The molecular weight excluding hydrogens is 240 g/mol. The molecule has 0 saturated heterocycles. The third kappa shape index (κ3) is 3.26. The number of hydrogen-bond donors (Lipinski definition) is 1. The summed E-state index contributed by atoms with van der Waals surface area (Å²) in [5.74, 6) is 1.28. The number of rotatable bonds is 4. The van der Waals surface area contributed by atoms with E-state index in [0.29, 0.717) is 19.0 Å². The van der Waals surface area contributed by atoms with Gasteiger partial charge in [0, 0.05) is 19.2 Å². The summed E-state index contributed by atoms with van der Waals surface area (Å²) in [6, 6.07) is 5.71. The van der Waals surface area contributed by atoms with Crippen LogP contribution in [0.15, 0.2) is 18.2 Å². The van der Waals surface area contributed by atoms with Crippen molar-refractivity contribution in [2.24, 2.45) is 11.7 Å². The van der Waals surface area contributed by atoms with Crippen LogP contribution in [0.2, 0.25) is 0 Å². The predicted octanol–water partition coefficient (Wildman–Crippen LogP) is 1.68. The molecule has 4 heteroatoms. The van der Waals surface area contributed by atoms with E-state index in [-0.39, 0.29) is 5.91 Å². The van der Waals surface area contributed by atoms with E-state index in [9.17, 15) is 4.79 Å². The second-order valence-corrected chi connectivity index (χ2v) is 5.30. The maximum absolute atomic E-state index is 12.3. The predicted molar refractivity (Wildman–Crippen MR) is 75.4 cm³/mol. The van der Waals surface area contributed by atoms with Crippen LogP contribution in [0.3, 0.4) is 0 Å². The number of carbonyl (C=O) groups is 1. The van der Waals surface area contributed by atoms with Gasteiger partial charge in [0.1, 0.15) is 5.75 Å². The third-order valence-electron chi connectivity index (χ3n) is 3.49. The zero-order valence-electron chi connectivity index (χ0n) is 11.7. The Morgan fingerprint density at radius 1 is 1.53 bits per heavy atom. The molecule has 1 aromatic carbocycles. The van der Waals surface area contributed by atoms with Gasteiger partial charge in [-0.15, -0.1) is 0 Å². The molecule has 1 aliphatic rings. The molecule has 1 heterocycles. The van der Waals surface area contributed by atoms with Crippen molar-refractivity contribution in [1.82, 2.24) is 4.90 Å². The van der Waals surface area contributed by atoms with Crippen molar-refractivity contribution in [1.29, 1.82) is 0 Å². The molecule has 1 aliphatic heterocycles. The Balaban J connectivity index is 2.10. The highest BCUT2D eigenvalue weighted by atomic mass is 16.5. The summed E-state index contributed by atoms with van der Waals surface area (Å²) in [5, 5.41) is 0. The first-order chi connectivity index (χ1) is 9.11. The lowest BCUT2D eigenvalue weighted by Gasteiger charge is -2.22. The second-order valence-electron chi connectivity index (χ2n) is 5.30. The first-order valence-electron chi connectivity index (χ1n) is 6.83. The summed E-state index contributed by atoms with van der Waals surface area (Å²) in [7, 11) is 1.82. The highest BCUT2D eigenvalue weighted by Crippen LogP contribution is 2.26. The zero-order valence-corrected chi connectivity index (χ0v) is 11.7. The monoisotopic (exact) mass is 262 g/mol. The van der Waals surface area contributed by atoms with Crippen LogP contribution in [0.4, 0.5) is 0 Å². The smallest absolute Gasteiger partial charge is 0.253 e. The maximum Gasteiger partial charge on any atom is 0.253 e. The van der Waals surface area contributed by atoms with Crippen LogP contribution in [0.25, 0.3) is 0 Å². The molecule has 0 fully saturated rings. The van der Waals surface area contributed by atoms with E-state index in [0.717, 1.165) is 36.3 Å². The van der Waals surface area contributed by atoms with Crippen molar-refractivity contribution in [2.75, 3.05) is 26.7 Å². The van der Waals surface area contributed by atoms with Gasteiger partial charge in [0.25, 0.3) is 5.91 Å². The van der Waals surface area contributed by atoms with E-state index in [1.807, 2.05) is 32.2 Å². The van der Waals surface area contributed by atoms with Crippen LogP contribution in [-0.2, 0) is 6.42 Å². The maximum atomic E-state index is 12.3. The second kappa shape index (κ2) is 6.06. The summed E-state index contributed by atoms with van der Waals surface area (Å²) in [6.45, 7) is 4.09. The summed E-state index contributed by atoms with van der Waals surface area (Å²) in [4.78, 5) is 14.1. The molecule has 0 aromatic heterocycles. The standard InChI is InChI=1S/C15H22N2O2/c1-11(9-16)10-17(2)15(18)13-5-6-14-12(8-13)4-3-7-19-14/h5-6,8,11H,3-4,7,9-10,16H2,1-2H3. The molecule has 1 atom stereocenters. The van der Waals surface area contributed by atoms with Gasteiger partial charge in [-0.3, -0.25) is 4.79 Å². The van der Waals surface area contributed by atoms with E-state index < -0.39 is 0 Å². The molecule has 0 bridgehead atoms. The Kier molecular flexibility index (Phi) is 4.43. The van der Waals surface area contributed by atoms with Crippen LogP contribution in [-0.4, -0.2) is 37.6 Å². The molecule has 0 spiro atoms. The summed E-state index contributed by atoms with van der Waals surface area (Å²) >= 11 is 0. The quantitative estimate of drug-likeness (QED) is 0.898. The van der Waals surface area contributed by atoms with Gasteiger partial charge in [-0.2, -0.15) is 0 Å². The molecule has 19 heavy (non-hydrogen) atoms.